The van der Waals surface area contributed by atoms with E-state index in [-0.39, 0.29) is 24.6 Å². The van der Waals surface area contributed by atoms with Gasteiger partial charge in [0, 0.05) is 38.9 Å². The van der Waals surface area contributed by atoms with Crippen LogP contribution in [-0.2, 0) is 11.3 Å². The molecule has 0 atom stereocenters. The summed E-state index contributed by atoms with van der Waals surface area (Å²) < 4.78 is 7.27. The Bertz CT molecular complexity index is 1310. The Morgan fingerprint density at radius 3 is 2.71 bits per heavy atom. The standard InChI is InChI=1S/C23H23N5O4S2/c29-12-11-25-7-9-26(10-8-25)20-17(21(30)27-6-2-1-5-19(27)24-20)14-18-22(31)28(23(33)34-18)15-16-4-3-13-32-16/h1-6,13-14,29H,7-12,15H2/b18-14+. The predicted octanol–water partition coefficient (Wildman–Crippen LogP) is 1.80. The van der Waals surface area contributed by atoms with Crippen molar-refractivity contribution in [1.82, 2.24) is 19.2 Å². The van der Waals surface area contributed by atoms with Gasteiger partial charge in [-0.1, -0.05) is 30.0 Å². The molecule has 2 saturated heterocycles. The van der Waals surface area contributed by atoms with Crippen LogP contribution in [-0.4, -0.2) is 73.8 Å². The minimum absolute atomic E-state index is 0.112. The maximum Gasteiger partial charge on any atom is 0.267 e. The number of nitrogens with zero attached hydrogens (tertiary/aromatic N) is 5. The highest BCUT2D eigenvalue weighted by Gasteiger charge is 2.33. The van der Waals surface area contributed by atoms with E-state index in [1.807, 2.05) is 6.07 Å². The molecular weight excluding hydrogens is 474 g/mol. The number of aliphatic hydroxyl groups excluding tert-OH is 1. The minimum atomic E-state index is -0.261. The fourth-order valence-corrected chi connectivity index (χ4v) is 5.35. The number of aromatic nitrogens is 2. The van der Waals surface area contributed by atoms with Gasteiger partial charge in [-0.3, -0.25) is 23.8 Å². The number of aliphatic hydroxyl groups is 1. The maximum atomic E-state index is 13.5. The molecular formula is C23H23N5O4S2. The zero-order chi connectivity index (χ0) is 23.7. The van der Waals surface area contributed by atoms with E-state index in [4.69, 9.17) is 21.6 Å². The number of hydrogen-bond donors (Lipinski definition) is 1. The number of β-amino-alcohol motifs (C(OH)–C–C–N with tert-alkyl or cyclic N) is 1. The number of piperazine rings is 1. The highest BCUT2D eigenvalue weighted by molar-refractivity contribution is 8.26. The van der Waals surface area contributed by atoms with Gasteiger partial charge in [0.2, 0.25) is 0 Å². The van der Waals surface area contributed by atoms with Crippen LogP contribution >= 0.6 is 24.0 Å². The van der Waals surface area contributed by atoms with Crippen LogP contribution < -0.4 is 10.5 Å². The van der Waals surface area contributed by atoms with Gasteiger partial charge in [0.25, 0.3) is 11.5 Å². The molecule has 3 aromatic rings. The molecule has 5 heterocycles. The molecule has 0 aliphatic carbocycles. The van der Waals surface area contributed by atoms with E-state index in [0.29, 0.717) is 51.6 Å². The van der Waals surface area contributed by atoms with Crippen molar-refractivity contribution in [2.45, 2.75) is 6.54 Å². The molecule has 34 heavy (non-hydrogen) atoms. The van der Waals surface area contributed by atoms with Gasteiger partial charge >= 0.3 is 0 Å². The Balaban J connectivity index is 1.52. The summed E-state index contributed by atoms with van der Waals surface area (Å²) in [5, 5.41) is 9.23. The highest BCUT2D eigenvalue weighted by atomic mass is 32.2. The minimum Gasteiger partial charge on any atom is -0.467 e. The van der Waals surface area contributed by atoms with E-state index in [9.17, 15) is 14.7 Å². The normalized spacial score (nSPS) is 18.6. The van der Waals surface area contributed by atoms with Crippen LogP contribution in [0.4, 0.5) is 5.82 Å². The Labute approximate surface area is 205 Å². The zero-order valence-corrected chi connectivity index (χ0v) is 19.9. The molecule has 0 aromatic carbocycles. The monoisotopic (exact) mass is 497 g/mol. The van der Waals surface area contributed by atoms with Gasteiger partial charge in [-0.05, 0) is 30.3 Å². The third-order valence-electron chi connectivity index (χ3n) is 5.88. The topological polar surface area (TPSA) is 94.5 Å². The van der Waals surface area contributed by atoms with E-state index in [1.165, 1.54) is 21.1 Å². The molecule has 9 nitrogen and oxygen atoms in total. The Kier molecular flexibility index (Phi) is 6.50. The number of carbonyl (C=O) groups excluding carboxylic acids is 1. The van der Waals surface area contributed by atoms with Gasteiger partial charge in [-0.15, -0.1) is 0 Å². The summed E-state index contributed by atoms with van der Waals surface area (Å²) in [6.45, 7) is 3.80. The fraction of sp³-hybridized carbons (Fsp3) is 0.304. The van der Waals surface area contributed by atoms with E-state index in [1.54, 1.807) is 42.8 Å². The second-order valence-electron chi connectivity index (χ2n) is 7.98. The summed E-state index contributed by atoms with van der Waals surface area (Å²) in [6, 6.07) is 8.95. The van der Waals surface area contributed by atoms with Crippen LogP contribution in [0, 0.1) is 0 Å². The second kappa shape index (κ2) is 9.71. The lowest BCUT2D eigenvalue weighted by Crippen LogP contribution is -2.48. The van der Waals surface area contributed by atoms with Crippen LogP contribution in [0.3, 0.4) is 0 Å². The first-order valence-electron chi connectivity index (χ1n) is 10.9. The molecule has 0 unspecified atom stereocenters. The van der Waals surface area contributed by atoms with E-state index in [0.717, 1.165) is 13.1 Å². The van der Waals surface area contributed by atoms with Gasteiger partial charge in [0.05, 0.1) is 29.9 Å². The third kappa shape index (κ3) is 4.39. The summed E-state index contributed by atoms with van der Waals surface area (Å²) in [5.41, 5.74) is 0.662. The van der Waals surface area contributed by atoms with Crippen molar-refractivity contribution in [3.63, 3.8) is 0 Å². The zero-order valence-electron chi connectivity index (χ0n) is 18.3. The van der Waals surface area contributed by atoms with Gasteiger partial charge in [-0.25, -0.2) is 4.98 Å². The smallest absolute Gasteiger partial charge is 0.267 e. The number of fused-ring (bicyclic) bond motifs is 1. The molecule has 1 N–H and O–H groups in total. The van der Waals surface area contributed by atoms with Crippen molar-refractivity contribution in [3.8, 4) is 0 Å². The average Bonchev–Trinajstić information content (AvgIpc) is 3.45. The van der Waals surface area contributed by atoms with Crippen LogP contribution in [0.2, 0.25) is 0 Å². The second-order valence-corrected chi connectivity index (χ2v) is 9.66. The number of anilines is 1. The quantitative estimate of drug-likeness (QED) is 0.404. The van der Waals surface area contributed by atoms with Gasteiger partial charge in [0.15, 0.2) is 0 Å². The van der Waals surface area contributed by atoms with Crippen molar-refractivity contribution in [3.05, 3.63) is 69.4 Å². The summed E-state index contributed by atoms with van der Waals surface area (Å²) in [4.78, 5) is 37.5. The number of pyridine rings is 1. The third-order valence-corrected chi connectivity index (χ3v) is 7.26. The van der Waals surface area contributed by atoms with Gasteiger partial charge in [0.1, 0.15) is 21.5 Å². The fourth-order valence-electron chi connectivity index (χ4n) is 4.11. The van der Waals surface area contributed by atoms with E-state index < -0.39 is 0 Å². The van der Waals surface area contributed by atoms with Crippen LogP contribution in [0.1, 0.15) is 11.3 Å². The lowest BCUT2D eigenvalue weighted by molar-refractivity contribution is -0.122. The summed E-state index contributed by atoms with van der Waals surface area (Å²) >= 11 is 6.61. The number of thiocarbonyl (C=S) groups is 1. The van der Waals surface area contributed by atoms with Crippen molar-refractivity contribution < 1.29 is 14.3 Å². The Morgan fingerprint density at radius 1 is 1.15 bits per heavy atom. The number of thioether (sulfide) groups is 1. The number of hydrogen-bond acceptors (Lipinski definition) is 9. The lowest BCUT2D eigenvalue weighted by atomic mass is 10.2. The van der Waals surface area contributed by atoms with Crippen molar-refractivity contribution in [2.75, 3.05) is 44.2 Å². The first-order chi connectivity index (χ1) is 16.5. The Hall–Kier alpha value is -2.99. The van der Waals surface area contributed by atoms with Crippen molar-refractivity contribution in [2.24, 2.45) is 0 Å². The molecule has 0 bridgehead atoms. The summed E-state index contributed by atoms with van der Waals surface area (Å²) in [7, 11) is 0. The van der Waals surface area contributed by atoms with Crippen molar-refractivity contribution >= 4 is 51.7 Å². The molecule has 1 amide bonds. The largest absolute Gasteiger partial charge is 0.467 e. The number of amides is 1. The number of furan rings is 1. The van der Waals surface area contributed by atoms with Crippen LogP contribution in [0.25, 0.3) is 11.7 Å². The molecule has 0 saturated carbocycles. The molecule has 0 spiro atoms. The molecule has 2 aliphatic rings. The maximum absolute atomic E-state index is 13.5. The van der Waals surface area contributed by atoms with E-state index >= 15 is 0 Å². The molecule has 2 fully saturated rings. The molecule has 5 rings (SSSR count). The average molecular weight is 498 g/mol. The first-order valence-corrected chi connectivity index (χ1v) is 12.1. The molecule has 0 radical (unpaired) electrons. The summed E-state index contributed by atoms with van der Waals surface area (Å²) in [5.74, 6) is 0.922. The highest BCUT2D eigenvalue weighted by Crippen LogP contribution is 2.34. The van der Waals surface area contributed by atoms with Gasteiger partial charge in [-0.2, -0.15) is 0 Å². The van der Waals surface area contributed by atoms with Gasteiger partial charge < -0.3 is 14.4 Å². The number of carbonyl (C=O) groups is 1. The molecule has 3 aromatic heterocycles. The summed E-state index contributed by atoms with van der Waals surface area (Å²) in [6.07, 6.45) is 4.84. The van der Waals surface area contributed by atoms with Crippen LogP contribution in [0.15, 0.2) is 56.9 Å². The molecule has 2 aliphatic heterocycles. The Morgan fingerprint density at radius 2 is 1.97 bits per heavy atom. The number of rotatable bonds is 6. The predicted molar refractivity (Wildman–Crippen MR) is 135 cm³/mol. The van der Waals surface area contributed by atoms with Crippen LogP contribution in [0.5, 0.6) is 0 Å². The SMILES string of the molecule is O=C1/C(=C\c2c(N3CCN(CCO)CC3)nc3ccccn3c2=O)SC(=S)N1Cc1ccco1. The lowest BCUT2D eigenvalue weighted by Gasteiger charge is -2.35. The first kappa shape index (κ1) is 22.8. The van der Waals surface area contributed by atoms with Crippen molar-refractivity contribution in [1.29, 1.82) is 0 Å². The molecule has 11 heteroatoms. The van der Waals surface area contributed by atoms with E-state index in [2.05, 4.69) is 9.80 Å². The molecule has 176 valence electrons.